The van der Waals surface area contributed by atoms with Crippen LogP contribution < -0.4 is 0 Å². The van der Waals surface area contributed by atoms with E-state index in [1.54, 1.807) is 6.92 Å². The summed E-state index contributed by atoms with van der Waals surface area (Å²) in [6.45, 7) is 15.8. The van der Waals surface area contributed by atoms with Crippen LogP contribution in [0.2, 0.25) is 0 Å². The number of ether oxygens (including phenoxy) is 6. The smallest absolute Gasteiger partial charge is 0.335 e. The Balaban J connectivity index is 1.21. The molecule has 2 saturated heterocycles. The fourth-order valence-electron chi connectivity index (χ4n) is 14.7. The number of allylic oxidation sites excluding steroid dienone is 1. The van der Waals surface area contributed by atoms with Crippen LogP contribution in [-0.2, 0) is 42.8 Å². The number of hydrogen-bond donors (Lipinski definition) is 10. The summed E-state index contributed by atoms with van der Waals surface area (Å²) in [5.41, 5.74) is -4.30. The molecule has 0 aromatic carbocycles. The van der Waals surface area contributed by atoms with Crippen LogP contribution in [0, 0.1) is 50.2 Å². The molecule has 0 amide bonds. The van der Waals surface area contributed by atoms with E-state index in [1.165, 1.54) is 6.92 Å². The predicted octanol–water partition coefficient (Wildman–Crippen LogP) is 0.297. The molecule has 19 nitrogen and oxygen atoms in total. The van der Waals surface area contributed by atoms with E-state index in [9.17, 15) is 65.4 Å². The topological polar surface area (TPSA) is 309 Å². The summed E-state index contributed by atoms with van der Waals surface area (Å²) in [5.74, 6) is -3.49. The summed E-state index contributed by atoms with van der Waals surface area (Å²) in [7, 11) is 0. The zero-order chi connectivity index (χ0) is 49.0. The summed E-state index contributed by atoms with van der Waals surface area (Å²) in [6, 6.07) is 0. The SMILES string of the molecule is CCC(=O)O[C@H]1[C@H](OC(C)=O)[C@@]2(CO)[C@H](CC1(C)C)C1=CC[C@@H]3[C@@]4(C)CC[C@H](O[C@@H]5O[C@H](C(=O)O)[C@@H](O)[C@H](O)[C@H]5O[C@@H]5O[C@H](CO)[C@@H](O)[C@H](O)[C@H]5O)C(C)(C)[C@H]4CC[C@@]3(C)[C@]1(C)[C@@H](O)[C@H]2O. The second kappa shape index (κ2) is 17.8. The minimum Gasteiger partial charge on any atom is -0.479 e. The molecule has 19 heteroatoms. The summed E-state index contributed by atoms with van der Waals surface area (Å²) < 4.78 is 35.9. The van der Waals surface area contributed by atoms with Gasteiger partial charge in [-0.05, 0) is 72.5 Å². The minimum absolute atomic E-state index is 0.0554. The normalized spacial score (nSPS) is 50.6. The third-order valence-corrected chi connectivity index (χ3v) is 18.5. The van der Waals surface area contributed by atoms with E-state index >= 15 is 0 Å². The van der Waals surface area contributed by atoms with E-state index in [2.05, 4.69) is 19.9 Å². The van der Waals surface area contributed by atoms with Gasteiger partial charge in [-0.2, -0.15) is 0 Å². The fraction of sp³-hybridized carbons (Fsp3) is 0.894. The van der Waals surface area contributed by atoms with Crippen molar-refractivity contribution >= 4 is 17.9 Å². The van der Waals surface area contributed by atoms with E-state index in [-0.39, 0.29) is 18.3 Å². The average Bonchev–Trinajstić information content (AvgIpc) is 3.24. The van der Waals surface area contributed by atoms with Crippen molar-refractivity contribution in [2.75, 3.05) is 13.2 Å². The Morgan fingerprint density at radius 1 is 0.758 bits per heavy atom. The minimum atomic E-state index is -2.01. The van der Waals surface area contributed by atoms with Gasteiger partial charge < -0.3 is 79.5 Å². The van der Waals surface area contributed by atoms with Gasteiger partial charge in [0.2, 0.25) is 0 Å². The van der Waals surface area contributed by atoms with Crippen molar-refractivity contribution in [3.63, 3.8) is 0 Å². The molecule has 0 bridgehead atoms. The molecular formula is C47H74O19. The number of aliphatic carboxylic acids is 1. The van der Waals surface area contributed by atoms with Crippen LogP contribution in [0.3, 0.4) is 0 Å². The molecule has 2 heterocycles. The van der Waals surface area contributed by atoms with Gasteiger partial charge in [0.15, 0.2) is 24.8 Å². The molecule has 376 valence electrons. The maximum Gasteiger partial charge on any atom is 0.335 e. The van der Waals surface area contributed by atoms with Crippen molar-refractivity contribution in [3.8, 4) is 0 Å². The number of aliphatic hydroxyl groups excluding tert-OH is 9. The second-order valence-electron chi connectivity index (χ2n) is 22.4. The Labute approximate surface area is 385 Å². The van der Waals surface area contributed by atoms with Gasteiger partial charge in [-0.1, -0.05) is 67.0 Å². The third-order valence-electron chi connectivity index (χ3n) is 18.5. The molecule has 0 spiro atoms. The number of rotatable bonds is 10. The Kier molecular flexibility index (Phi) is 13.9. The van der Waals surface area contributed by atoms with Crippen LogP contribution in [-0.4, -0.2) is 174 Å². The van der Waals surface area contributed by atoms with Crippen LogP contribution in [0.1, 0.15) is 107 Å². The van der Waals surface area contributed by atoms with Gasteiger partial charge in [0.1, 0.15) is 48.8 Å². The number of aliphatic hydroxyl groups is 9. The number of carbonyl (C=O) groups is 3. The number of carboxylic acids is 1. The molecule has 0 unspecified atom stereocenters. The molecule has 7 rings (SSSR count). The highest BCUT2D eigenvalue weighted by Gasteiger charge is 2.76. The molecule has 2 aliphatic heterocycles. The lowest BCUT2D eigenvalue weighted by Gasteiger charge is -2.73. The number of fused-ring (bicyclic) bond motifs is 7. The fourth-order valence-corrected chi connectivity index (χ4v) is 14.7. The van der Waals surface area contributed by atoms with Crippen LogP contribution in [0.15, 0.2) is 11.6 Å². The second-order valence-corrected chi connectivity index (χ2v) is 22.4. The van der Waals surface area contributed by atoms with Crippen molar-refractivity contribution in [1.29, 1.82) is 0 Å². The lowest BCUT2D eigenvalue weighted by Crippen LogP contribution is -2.76. The zero-order valence-corrected chi connectivity index (χ0v) is 39.5. The zero-order valence-electron chi connectivity index (χ0n) is 39.5. The first kappa shape index (κ1) is 51.5. The Hall–Kier alpha value is -2.37. The number of esters is 2. The number of carboxylic acid groups (broad SMARTS) is 1. The molecule has 66 heavy (non-hydrogen) atoms. The molecule has 5 aliphatic carbocycles. The van der Waals surface area contributed by atoms with Crippen LogP contribution in [0.25, 0.3) is 0 Å². The highest BCUT2D eigenvalue weighted by atomic mass is 16.8. The Morgan fingerprint density at radius 2 is 1.42 bits per heavy atom. The van der Waals surface area contributed by atoms with Gasteiger partial charge in [0.05, 0.1) is 36.9 Å². The predicted molar refractivity (Wildman–Crippen MR) is 227 cm³/mol. The van der Waals surface area contributed by atoms with Gasteiger partial charge in [0.25, 0.3) is 0 Å². The highest BCUT2D eigenvalue weighted by Crippen LogP contribution is 2.76. The average molecular weight is 943 g/mol. The van der Waals surface area contributed by atoms with E-state index in [1.807, 2.05) is 34.6 Å². The summed E-state index contributed by atoms with van der Waals surface area (Å²) in [5, 5.41) is 110. The van der Waals surface area contributed by atoms with E-state index in [4.69, 9.17) is 28.4 Å². The number of carbonyl (C=O) groups excluding carboxylic acids is 2. The van der Waals surface area contributed by atoms with Crippen molar-refractivity contribution in [1.82, 2.24) is 0 Å². The van der Waals surface area contributed by atoms with Gasteiger partial charge in [-0.3, -0.25) is 9.59 Å². The van der Waals surface area contributed by atoms with Gasteiger partial charge in [-0.15, -0.1) is 0 Å². The maximum absolute atomic E-state index is 12.8. The van der Waals surface area contributed by atoms with E-state index in [0.29, 0.717) is 38.5 Å². The lowest BCUT2D eigenvalue weighted by molar-refractivity contribution is -0.374. The standard InChI is InChI=1S/C47H74O19/c1-10-27(51)64-37-38(61-20(2)50)47(19-49)22(17-42(37,3)4)21-11-12-25-44(7)15-14-26(43(5,6)24(44)13-16-45(25,8)46(21,9)35(57)36(47)58)63-41-34(31(55)30(54)33(65-41)39(59)60)66-40-32(56)29(53)28(52)23(18-48)62-40/h11,22-26,28-38,40-41,48-49,52-58H,10,12-19H2,1-9H3,(H,59,60)/t22-,23-,24-,25-,26+,28-,29+,30+,31+,32-,33+,34-,35+,36-,37+,38+,40+,41-,44+,45-,46+,47+/m1/s1. The van der Waals surface area contributed by atoms with Gasteiger partial charge in [0, 0.05) is 24.2 Å². The summed E-state index contributed by atoms with van der Waals surface area (Å²) in [6.07, 6.45) is -18.4. The number of hydrogen-bond acceptors (Lipinski definition) is 18. The van der Waals surface area contributed by atoms with Gasteiger partial charge >= 0.3 is 17.9 Å². The van der Waals surface area contributed by atoms with Crippen LogP contribution in [0.5, 0.6) is 0 Å². The van der Waals surface area contributed by atoms with Gasteiger partial charge in [-0.25, -0.2) is 4.79 Å². The molecule has 6 fully saturated rings. The van der Waals surface area contributed by atoms with Crippen molar-refractivity contribution in [2.24, 2.45) is 50.2 Å². The Morgan fingerprint density at radius 3 is 2.02 bits per heavy atom. The first-order valence-electron chi connectivity index (χ1n) is 23.6. The van der Waals surface area contributed by atoms with Crippen molar-refractivity contribution in [2.45, 2.75) is 199 Å². The molecule has 0 aromatic heterocycles. The third kappa shape index (κ3) is 7.51. The molecule has 0 aromatic rings. The summed E-state index contributed by atoms with van der Waals surface area (Å²) in [4.78, 5) is 37.9. The van der Waals surface area contributed by atoms with E-state index < -0.39 is 161 Å². The quantitative estimate of drug-likeness (QED) is 0.0800. The van der Waals surface area contributed by atoms with Crippen molar-refractivity contribution < 1.29 is 93.9 Å². The highest BCUT2D eigenvalue weighted by molar-refractivity contribution is 5.73. The van der Waals surface area contributed by atoms with Crippen LogP contribution >= 0.6 is 0 Å². The van der Waals surface area contributed by atoms with Crippen molar-refractivity contribution in [3.05, 3.63) is 11.6 Å². The molecule has 22 atom stereocenters. The first-order chi connectivity index (χ1) is 30.6. The molecule has 10 N–H and O–H groups in total. The maximum atomic E-state index is 12.8. The first-order valence-corrected chi connectivity index (χ1v) is 23.6. The van der Waals surface area contributed by atoms with Crippen LogP contribution in [0.4, 0.5) is 0 Å². The Bertz CT molecular complexity index is 1870. The van der Waals surface area contributed by atoms with E-state index in [0.717, 1.165) is 5.57 Å². The molecule has 7 aliphatic rings. The lowest BCUT2D eigenvalue weighted by atomic mass is 9.32. The molecular weight excluding hydrogens is 868 g/mol. The summed E-state index contributed by atoms with van der Waals surface area (Å²) >= 11 is 0. The molecule has 0 radical (unpaired) electrons. The largest absolute Gasteiger partial charge is 0.479 e. The monoisotopic (exact) mass is 942 g/mol. The molecule has 4 saturated carbocycles.